The lowest BCUT2D eigenvalue weighted by Gasteiger charge is -2.24. The van der Waals surface area contributed by atoms with Gasteiger partial charge in [-0.15, -0.1) is 0 Å². The predicted octanol–water partition coefficient (Wildman–Crippen LogP) is 4.91. The lowest BCUT2D eigenvalue weighted by atomic mass is 10.2. The van der Waals surface area contributed by atoms with Gasteiger partial charge in [0, 0.05) is 0 Å². The molecule has 0 aliphatic rings. The molecule has 0 aliphatic heterocycles. The minimum Gasteiger partial charge on any atom is -0.308 e. The summed E-state index contributed by atoms with van der Waals surface area (Å²) < 4.78 is 39.9. The molecule has 2 rings (SSSR count). The van der Waals surface area contributed by atoms with E-state index in [9.17, 15) is 8.77 Å². The van der Waals surface area contributed by atoms with Crippen LogP contribution in [0.1, 0.15) is 25.0 Å². The van der Waals surface area contributed by atoms with Crippen molar-refractivity contribution in [2.75, 3.05) is 13.2 Å². The molecule has 2 aromatic rings. The Bertz CT molecular complexity index is 798. The second-order valence-corrected chi connectivity index (χ2v) is 9.19. The van der Waals surface area contributed by atoms with Gasteiger partial charge in [-0.05, 0) is 38.5 Å². The average Bonchev–Trinajstić information content (AvgIpc) is 2.66. The molecule has 0 saturated heterocycles. The van der Waals surface area contributed by atoms with Crippen molar-refractivity contribution in [1.82, 2.24) is 4.72 Å². The summed E-state index contributed by atoms with van der Waals surface area (Å²) in [5.74, 6) is -0.847. The van der Waals surface area contributed by atoms with Crippen LogP contribution in [0.15, 0.2) is 65.6 Å². The first-order chi connectivity index (χ1) is 13.0. The Morgan fingerprint density at radius 2 is 1.63 bits per heavy atom. The molecule has 0 saturated carbocycles. The summed E-state index contributed by atoms with van der Waals surface area (Å²) in [5.41, 5.74) is 2.01. The summed E-state index contributed by atoms with van der Waals surface area (Å²) in [6.45, 7) is 5.92. The third kappa shape index (κ3) is 6.52. The van der Waals surface area contributed by atoms with E-state index in [4.69, 9.17) is 9.05 Å². The van der Waals surface area contributed by atoms with E-state index in [-0.39, 0.29) is 13.2 Å². The third-order valence-electron chi connectivity index (χ3n) is 3.69. The monoisotopic (exact) mass is 407 g/mol. The normalized spacial score (nSPS) is 14.3. The Morgan fingerprint density at radius 1 is 1.04 bits per heavy atom. The number of rotatable bonds is 10. The van der Waals surface area contributed by atoms with Crippen molar-refractivity contribution in [3.8, 4) is 0 Å². The van der Waals surface area contributed by atoms with Crippen LogP contribution in [0, 0.1) is 6.92 Å². The summed E-state index contributed by atoms with van der Waals surface area (Å²) in [6.07, 6.45) is 3.50. The lowest BCUT2D eigenvalue weighted by molar-refractivity contribution is 0.214. The van der Waals surface area contributed by atoms with Gasteiger partial charge in [0.05, 0.1) is 18.1 Å². The van der Waals surface area contributed by atoms with Crippen molar-refractivity contribution < 1.29 is 17.8 Å². The van der Waals surface area contributed by atoms with Crippen LogP contribution in [0.5, 0.6) is 0 Å². The highest BCUT2D eigenvalue weighted by Gasteiger charge is 2.35. The van der Waals surface area contributed by atoms with E-state index >= 15 is 0 Å². The van der Waals surface area contributed by atoms with Gasteiger partial charge in [0.25, 0.3) is 0 Å². The van der Waals surface area contributed by atoms with Crippen LogP contribution in [0.3, 0.4) is 0 Å². The van der Waals surface area contributed by atoms with Crippen LogP contribution in [0.2, 0.25) is 0 Å². The van der Waals surface area contributed by atoms with E-state index < -0.39 is 24.4 Å². The number of hydrogen-bond donors (Lipinski definition) is 1. The molecule has 0 unspecified atom stereocenters. The van der Waals surface area contributed by atoms with Gasteiger partial charge in [-0.1, -0.05) is 60.2 Å². The molecule has 0 radical (unpaired) electrons. The quantitative estimate of drug-likeness (QED) is 0.568. The van der Waals surface area contributed by atoms with Gasteiger partial charge in [0.2, 0.25) is 0 Å². The Kier molecular flexibility index (Phi) is 8.61. The van der Waals surface area contributed by atoms with Crippen LogP contribution in [-0.2, 0) is 24.6 Å². The Labute approximate surface area is 163 Å². The maximum absolute atomic E-state index is 13.3. The van der Waals surface area contributed by atoms with E-state index in [1.807, 2.05) is 55.5 Å². The number of benzene rings is 2. The van der Waals surface area contributed by atoms with Crippen molar-refractivity contribution in [3.05, 3.63) is 71.8 Å². The van der Waals surface area contributed by atoms with Gasteiger partial charge in [-0.3, -0.25) is 4.57 Å². The SMILES string of the molecule is CCOP(=O)(OCC)[C@H](/C=C/c1ccccc1)N[S@@](=O)c1ccc(C)cc1. The molecule has 5 nitrogen and oxygen atoms in total. The van der Waals surface area contributed by atoms with E-state index in [1.165, 1.54) is 0 Å². The molecule has 0 aliphatic carbocycles. The van der Waals surface area contributed by atoms with Crippen LogP contribution < -0.4 is 4.72 Å². The maximum atomic E-state index is 13.3. The van der Waals surface area contributed by atoms with Gasteiger partial charge in [0.1, 0.15) is 16.8 Å². The molecule has 0 aromatic heterocycles. The Morgan fingerprint density at radius 3 is 2.19 bits per heavy atom. The highest BCUT2D eigenvalue weighted by Crippen LogP contribution is 2.52. The number of aryl methyl sites for hydroxylation is 1. The molecule has 0 spiro atoms. The third-order valence-corrected chi connectivity index (χ3v) is 7.25. The maximum Gasteiger partial charge on any atom is 0.352 e. The molecule has 0 amide bonds. The summed E-state index contributed by atoms with van der Waals surface area (Å²) >= 11 is 0. The van der Waals surface area contributed by atoms with Crippen molar-refractivity contribution in [2.45, 2.75) is 31.4 Å². The Balaban J connectivity index is 2.30. The fourth-order valence-electron chi connectivity index (χ4n) is 2.37. The number of hydrogen-bond acceptors (Lipinski definition) is 4. The molecule has 0 bridgehead atoms. The molecule has 2 atom stereocenters. The molecule has 7 heteroatoms. The average molecular weight is 407 g/mol. The first kappa shape index (κ1) is 21.7. The minimum atomic E-state index is -3.54. The van der Waals surface area contributed by atoms with E-state index in [0.29, 0.717) is 4.90 Å². The van der Waals surface area contributed by atoms with Crippen molar-refractivity contribution in [3.63, 3.8) is 0 Å². The standard InChI is InChI=1S/C20H26NO4PS/c1-4-24-26(22,25-5-2)20(16-13-18-9-7-6-8-10-18)21-27(23)19-14-11-17(3)12-15-19/h6-16,20-21H,4-5H2,1-3H3/b16-13+/t20-,27+/m1/s1. The molecule has 1 N–H and O–H groups in total. The van der Waals surface area contributed by atoms with Crippen molar-refractivity contribution in [1.29, 1.82) is 0 Å². The zero-order valence-corrected chi connectivity index (χ0v) is 17.5. The van der Waals surface area contributed by atoms with Crippen molar-refractivity contribution in [2.24, 2.45) is 0 Å². The molecular weight excluding hydrogens is 381 g/mol. The first-order valence-electron chi connectivity index (χ1n) is 8.85. The summed E-state index contributed by atoms with van der Waals surface area (Å²) in [5, 5.41) is 0. The second-order valence-electron chi connectivity index (χ2n) is 5.79. The lowest BCUT2D eigenvalue weighted by Crippen LogP contribution is -2.30. The minimum absolute atomic E-state index is 0.228. The molecule has 146 valence electrons. The Hall–Kier alpha value is -1.56. The van der Waals surface area contributed by atoms with Crippen LogP contribution in [0.25, 0.3) is 6.08 Å². The van der Waals surface area contributed by atoms with Crippen LogP contribution >= 0.6 is 7.60 Å². The van der Waals surface area contributed by atoms with Gasteiger partial charge >= 0.3 is 7.60 Å². The van der Waals surface area contributed by atoms with Gasteiger partial charge in [-0.2, -0.15) is 0 Å². The molecule has 27 heavy (non-hydrogen) atoms. The smallest absolute Gasteiger partial charge is 0.308 e. The van der Waals surface area contributed by atoms with Gasteiger partial charge in [-0.25, -0.2) is 8.93 Å². The van der Waals surface area contributed by atoms with Crippen molar-refractivity contribution >= 4 is 24.7 Å². The van der Waals surface area contributed by atoms with E-state index in [0.717, 1.165) is 11.1 Å². The fraction of sp³-hybridized carbons (Fsp3) is 0.300. The molecular formula is C20H26NO4PS. The predicted molar refractivity (Wildman–Crippen MR) is 111 cm³/mol. The molecule has 0 heterocycles. The van der Waals surface area contributed by atoms with Gasteiger partial charge in [0.15, 0.2) is 0 Å². The first-order valence-corrected chi connectivity index (χ1v) is 11.6. The summed E-state index contributed by atoms with van der Waals surface area (Å²) in [4.78, 5) is 0.596. The van der Waals surface area contributed by atoms with E-state index in [2.05, 4.69) is 4.72 Å². The highest BCUT2D eigenvalue weighted by atomic mass is 32.2. The molecule has 0 fully saturated rings. The topological polar surface area (TPSA) is 64.6 Å². The fourth-order valence-corrected chi connectivity index (χ4v) is 5.41. The van der Waals surface area contributed by atoms with Crippen LogP contribution in [-0.4, -0.2) is 23.2 Å². The van der Waals surface area contributed by atoms with E-state index in [1.54, 1.807) is 32.1 Å². The summed E-state index contributed by atoms with van der Waals surface area (Å²) in [6, 6.07) is 16.9. The highest BCUT2D eigenvalue weighted by molar-refractivity contribution is 7.83. The second kappa shape index (κ2) is 10.7. The zero-order chi connectivity index (χ0) is 19.7. The largest absolute Gasteiger partial charge is 0.352 e. The van der Waals surface area contributed by atoms with Crippen LogP contribution in [0.4, 0.5) is 0 Å². The van der Waals surface area contributed by atoms with Gasteiger partial charge < -0.3 is 9.05 Å². The number of nitrogens with one attached hydrogen (secondary N) is 1. The molecule has 2 aromatic carbocycles. The zero-order valence-electron chi connectivity index (χ0n) is 15.8. The summed E-state index contributed by atoms with van der Waals surface area (Å²) in [7, 11) is -5.11.